The summed E-state index contributed by atoms with van der Waals surface area (Å²) in [6.45, 7) is 7.92. The van der Waals surface area contributed by atoms with Gasteiger partial charge < -0.3 is 9.99 Å². The smallest absolute Gasteiger partial charge is 0.340 e. The molecule has 0 aromatic rings. The molecule has 0 aromatic carbocycles. The number of rotatable bonds is 24. The first-order chi connectivity index (χ1) is 15.4. The van der Waals surface area contributed by atoms with Crippen molar-refractivity contribution in [3.8, 4) is 0 Å². The van der Waals surface area contributed by atoms with Crippen molar-refractivity contribution in [2.24, 2.45) is 0 Å². The maximum atomic E-state index is 11.8. The molecule has 0 aromatic heterocycles. The van der Waals surface area contributed by atoms with Crippen LogP contribution in [-0.4, -0.2) is 25.1 Å². The van der Waals surface area contributed by atoms with Crippen LogP contribution in [0.15, 0.2) is 0 Å². The molecule has 0 aliphatic rings. The summed E-state index contributed by atoms with van der Waals surface area (Å²) in [5.74, 6) is -0.305. The zero-order valence-electron chi connectivity index (χ0n) is 22.1. The lowest BCUT2D eigenvalue weighted by Crippen LogP contribution is -2.45. The maximum Gasteiger partial charge on any atom is 0.340 e. The van der Waals surface area contributed by atoms with Crippen molar-refractivity contribution in [2.75, 3.05) is 0 Å². The van der Waals surface area contributed by atoms with E-state index >= 15 is 0 Å². The number of unbranched alkanes of at least 4 members (excludes halogenated alkanes) is 18. The van der Waals surface area contributed by atoms with Crippen molar-refractivity contribution < 1.29 is 19.4 Å². The van der Waals surface area contributed by atoms with Crippen molar-refractivity contribution in [3.63, 3.8) is 0 Å². The topological polar surface area (TPSA) is 55.8 Å². The lowest BCUT2D eigenvalue weighted by atomic mass is 10.0. The number of hydrogen-bond acceptors (Lipinski definition) is 4. The van der Waals surface area contributed by atoms with Crippen LogP contribution in [0.2, 0.25) is 13.1 Å². The maximum absolute atomic E-state index is 11.8. The van der Waals surface area contributed by atoms with Crippen LogP contribution in [0, 0.1) is 0 Å². The van der Waals surface area contributed by atoms with Crippen LogP contribution in [0.4, 0.5) is 0 Å². The van der Waals surface area contributed by atoms with Crippen molar-refractivity contribution in [2.45, 2.75) is 168 Å². The Morgan fingerprint density at radius 2 is 1.00 bits per heavy atom. The summed E-state index contributed by atoms with van der Waals surface area (Å²) in [6.07, 6.45) is 26.6. The number of aliphatic hydroxyl groups is 1. The lowest BCUT2D eigenvalue weighted by Gasteiger charge is -2.24. The van der Waals surface area contributed by atoms with Crippen LogP contribution in [0.3, 0.4) is 0 Å². The standard InChI is InChI=1S/C27H56O4Si/c1-5-7-8-9-10-11-12-13-14-15-16-17-18-19-20-21-22-23-24-25-26(28)30-31-32(3,4)27(29)6-2/h27,29H,5-25H2,1-4H3. The Balaban J connectivity index is 3.27. The van der Waals surface area contributed by atoms with E-state index in [9.17, 15) is 9.90 Å². The van der Waals surface area contributed by atoms with Crippen LogP contribution in [0.5, 0.6) is 0 Å². The molecule has 1 unspecified atom stereocenters. The van der Waals surface area contributed by atoms with Gasteiger partial charge in [0.1, 0.15) is 0 Å². The minimum absolute atomic E-state index is 0.305. The van der Waals surface area contributed by atoms with E-state index in [0.717, 1.165) is 12.8 Å². The first-order valence-corrected chi connectivity index (χ1v) is 17.0. The Kier molecular flexibility index (Phi) is 22.1. The molecule has 0 spiro atoms. The van der Waals surface area contributed by atoms with Crippen molar-refractivity contribution in [1.82, 2.24) is 0 Å². The molecule has 0 saturated heterocycles. The second-order valence-electron chi connectivity index (χ2n) is 10.2. The fraction of sp³-hybridized carbons (Fsp3) is 0.963. The zero-order valence-corrected chi connectivity index (χ0v) is 23.1. The molecule has 1 atom stereocenters. The molecule has 5 heteroatoms. The molecule has 0 aliphatic carbocycles. The van der Waals surface area contributed by atoms with Gasteiger partial charge in [0.25, 0.3) is 8.32 Å². The summed E-state index contributed by atoms with van der Waals surface area (Å²) in [6, 6.07) is 0. The SMILES string of the molecule is CCCCCCCCCCCCCCCCCCCCCC(=O)OO[Si](C)(C)C(O)CC. The summed E-state index contributed by atoms with van der Waals surface area (Å²) < 4.78 is 5.27. The van der Waals surface area contributed by atoms with Crippen LogP contribution < -0.4 is 0 Å². The van der Waals surface area contributed by atoms with E-state index in [1.54, 1.807) is 0 Å². The second-order valence-corrected chi connectivity index (χ2v) is 14.2. The average Bonchev–Trinajstić information content (AvgIpc) is 2.78. The molecule has 0 rings (SSSR count). The molecule has 0 fully saturated rings. The predicted molar refractivity (Wildman–Crippen MR) is 139 cm³/mol. The fourth-order valence-corrected chi connectivity index (χ4v) is 5.49. The zero-order chi connectivity index (χ0) is 23.9. The summed E-state index contributed by atoms with van der Waals surface area (Å²) in [5.41, 5.74) is -0.509. The average molecular weight is 473 g/mol. The van der Waals surface area contributed by atoms with Crippen LogP contribution in [0.1, 0.15) is 149 Å². The van der Waals surface area contributed by atoms with Crippen molar-refractivity contribution >= 4 is 14.3 Å². The molecule has 1 N–H and O–H groups in total. The highest BCUT2D eigenvalue weighted by Gasteiger charge is 2.34. The Morgan fingerprint density at radius 1 is 0.656 bits per heavy atom. The molecule has 0 saturated carbocycles. The van der Waals surface area contributed by atoms with Crippen molar-refractivity contribution in [3.05, 3.63) is 0 Å². The van der Waals surface area contributed by atoms with Gasteiger partial charge in [-0.2, -0.15) is 0 Å². The van der Waals surface area contributed by atoms with E-state index in [-0.39, 0.29) is 5.97 Å². The summed E-state index contributed by atoms with van der Waals surface area (Å²) in [7, 11) is -2.35. The monoisotopic (exact) mass is 472 g/mol. The molecule has 4 nitrogen and oxygen atoms in total. The summed E-state index contributed by atoms with van der Waals surface area (Å²) >= 11 is 0. The largest absolute Gasteiger partial charge is 0.394 e. The number of carbonyl (C=O) groups is 1. The Morgan fingerprint density at radius 3 is 1.34 bits per heavy atom. The van der Waals surface area contributed by atoms with Crippen molar-refractivity contribution in [1.29, 1.82) is 0 Å². The summed E-state index contributed by atoms with van der Waals surface area (Å²) in [5, 5.41) is 9.89. The van der Waals surface area contributed by atoms with Gasteiger partial charge in [0.15, 0.2) is 0 Å². The Labute approximate surface area is 201 Å². The van der Waals surface area contributed by atoms with Gasteiger partial charge in [-0.25, -0.2) is 9.37 Å². The molecule has 32 heavy (non-hydrogen) atoms. The van der Waals surface area contributed by atoms with E-state index in [4.69, 9.17) is 9.46 Å². The first-order valence-electron chi connectivity index (χ1n) is 14.0. The van der Waals surface area contributed by atoms with Crippen LogP contribution in [-0.2, 0) is 14.3 Å². The minimum Gasteiger partial charge on any atom is -0.394 e. The molecule has 0 radical (unpaired) electrons. The van der Waals surface area contributed by atoms with Gasteiger partial charge in [0.05, 0.1) is 5.73 Å². The van der Waals surface area contributed by atoms with E-state index in [1.807, 2.05) is 20.0 Å². The normalized spacial score (nSPS) is 12.8. The number of hydrogen-bond donors (Lipinski definition) is 1. The van der Waals surface area contributed by atoms with E-state index in [1.165, 1.54) is 109 Å². The van der Waals surface area contributed by atoms with Crippen LogP contribution >= 0.6 is 0 Å². The quantitative estimate of drug-likeness (QED) is 0.0660. The van der Waals surface area contributed by atoms with Gasteiger partial charge >= 0.3 is 5.97 Å². The van der Waals surface area contributed by atoms with Gasteiger partial charge in [-0.3, -0.25) is 0 Å². The number of aliphatic hydroxyl groups excluding tert-OH is 1. The Bertz CT molecular complexity index is 414. The highest BCUT2D eigenvalue weighted by Crippen LogP contribution is 2.16. The summed E-state index contributed by atoms with van der Waals surface area (Å²) in [4.78, 5) is 16.7. The third-order valence-electron chi connectivity index (χ3n) is 6.52. The van der Waals surface area contributed by atoms with Gasteiger partial charge in [-0.05, 0) is 25.9 Å². The highest BCUT2D eigenvalue weighted by atomic mass is 28.4. The Hall–Kier alpha value is -0.393. The predicted octanol–water partition coefficient (Wildman–Crippen LogP) is 8.80. The molecular weight excluding hydrogens is 416 g/mol. The third kappa shape index (κ3) is 20.2. The first kappa shape index (κ1) is 31.6. The van der Waals surface area contributed by atoms with Gasteiger partial charge in [-0.15, -0.1) is 0 Å². The lowest BCUT2D eigenvalue weighted by molar-refractivity contribution is -0.222. The molecule has 0 amide bonds. The van der Waals surface area contributed by atoms with Gasteiger partial charge in [0, 0.05) is 6.42 Å². The minimum atomic E-state index is -2.35. The molecule has 0 aliphatic heterocycles. The number of carbonyl (C=O) groups excluding carboxylic acids is 1. The van der Waals surface area contributed by atoms with E-state index in [0.29, 0.717) is 12.8 Å². The second kappa shape index (κ2) is 22.4. The van der Waals surface area contributed by atoms with E-state index < -0.39 is 14.0 Å². The van der Waals surface area contributed by atoms with Gasteiger partial charge in [0.2, 0.25) is 0 Å². The molecule has 0 bridgehead atoms. The highest BCUT2D eigenvalue weighted by molar-refractivity contribution is 6.72. The molecular formula is C27H56O4Si. The molecule has 192 valence electrons. The van der Waals surface area contributed by atoms with Gasteiger partial charge in [-0.1, -0.05) is 129 Å². The van der Waals surface area contributed by atoms with E-state index in [2.05, 4.69) is 6.92 Å². The molecule has 0 heterocycles. The fourth-order valence-electron chi connectivity index (χ4n) is 4.09. The third-order valence-corrected chi connectivity index (χ3v) is 9.05. The van der Waals surface area contributed by atoms with Crippen LogP contribution in [0.25, 0.3) is 0 Å².